The monoisotopic (exact) mass is 1210 g/mol. The molecule has 0 saturated heterocycles. The van der Waals surface area contributed by atoms with E-state index in [1.54, 1.807) is 11.1 Å². The SMILES string of the molecule is CCCCCCCCCCCCCCCCC(CCCCCCCCCCCCCCCC)c1cc[n+](CCCC[n+]2ccc(C(CCCCCCCCCCCCCCCC)CCCCCCCCCCCCCCCC)cc2)cc1.[Cl-].[Cl-]. The summed E-state index contributed by atoms with van der Waals surface area (Å²) in [4.78, 5) is 0. The van der Waals surface area contributed by atoms with E-state index in [2.05, 4.69) is 85.9 Å². The van der Waals surface area contributed by atoms with E-state index in [1.165, 1.54) is 398 Å². The van der Waals surface area contributed by atoms with E-state index in [0.717, 1.165) is 24.9 Å². The fourth-order valence-electron chi connectivity index (χ4n) is 13.7. The first-order valence-electron chi connectivity index (χ1n) is 38.7. The minimum atomic E-state index is 0. The average molecular weight is 1210 g/mol. The summed E-state index contributed by atoms with van der Waals surface area (Å²) >= 11 is 0. The third-order valence-electron chi connectivity index (χ3n) is 19.5. The van der Waals surface area contributed by atoms with Crippen LogP contribution < -0.4 is 33.9 Å². The van der Waals surface area contributed by atoms with Crippen molar-refractivity contribution in [1.29, 1.82) is 0 Å². The zero-order chi connectivity index (χ0) is 58.4. The van der Waals surface area contributed by atoms with Crippen LogP contribution in [0.5, 0.6) is 0 Å². The molecule has 2 aromatic rings. The second-order valence-electron chi connectivity index (χ2n) is 27.4. The third kappa shape index (κ3) is 53.9. The molecule has 0 atom stereocenters. The fraction of sp³-hybridized carbons (Fsp3) is 0.875. The topological polar surface area (TPSA) is 7.76 Å². The van der Waals surface area contributed by atoms with Crippen LogP contribution >= 0.6 is 0 Å². The molecule has 2 aromatic heterocycles. The number of aryl methyl sites for hydroxylation is 2. The zero-order valence-corrected chi connectivity index (χ0v) is 59.2. The number of hydrogen-bond acceptors (Lipinski definition) is 0. The summed E-state index contributed by atoms with van der Waals surface area (Å²) in [5.41, 5.74) is 3.23. The normalized spacial score (nSPS) is 11.5. The number of rotatable bonds is 67. The van der Waals surface area contributed by atoms with Gasteiger partial charge in [-0.2, -0.15) is 0 Å². The number of nitrogens with zero attached hydrogens (tertiary/aromatic N) is 2. The molecule has 0 aliphatic heterocycles. The van der Waals surface area contributed by atoms with E-state index in [9.17, 15) is 0 Å². The molecule has 0 aliphatic carbocycles. The van der Waals surface area contributed by atoms with Gasteiger partial charge in [-0.15, -0.1) is 0 Å². The van der Waals surface area contributed by atoms with E-state index in [4.69, 9.17) is 0 Å². The maximum atomic E-state index is 2.51. The van der Waals surface area contributed by atoms with Crippen molar-refractivity contribution in [3.63, 3.8) is 0 Å². The Morgan fingerprint density at radius 3 is 0.500 bits per heavy atom. The van der Waals surface area contributed by atoms with Crippen molar-refractivity contribution >= 4 is 0 Å². The summed E-state index contributed by atoms with van der Waals surface area (Å²) in [6, 6.07) is 10.1. The van der Waals surface area contributed by atoms with Crippen molar-refractivity contribution in [1.82, 2.24) is 0 Å². The van der Waals surface area contributed by atoms with Gasteiger partial charge in [-0.3, -0.25) is 0 Å². The van der Waals surface area contributed by atoms with Gasteiger partial charge in [0.05, 0.1) is 0 Å². The smallest absolute Gasteiger partial charge is 0.169 e. The Hall–Kier alpha value is -1.12. The standard InChI is InChI=1S/C80H150N2.2ClH/c1-5-9-13-17-21-25-29-33-37-41-45-49-53-57-63-77(64-58-54-50-46-42-38-34-30-26-22-18-14-10-6-2)79-67-73-81(74-68-79)71-61-62-72-82-75-69-80(70-76-82)78(65-59-55-51-47-43-39-35-31-27-23-19-15-11-7-3)66-60-56-52-48-44-40-36-32-28-24-20-16-12-8-4;;/h67-70,73-78H,5-66,71-72H2,1-4H3;2*1H/q+2;;/p-2. The molecular weight excluding hydrogens is 1060 g/mol. The van der Waals surface area contributed by atoms with E-state index in [1.807, 2.05) is 0 Å². The van der Waals surface area contributed by atoms with Crippen molar-refractivity contribution in [2.75, 3.05) is 0 Å². The van der Waals surface area contributed by atoms with Crippen molar-refractivity contribution in [2.45, 2.75) is 451 Å². The quantitative estimate of drug-likeness (QED) is 0.0461. The Bertz CT molecular complexity index is 1330. The highest BCUT2D eigenvalue weighted by Gasteiger charge is 2.16. The zero-order valence-electron chi connectivity index (χ0n) is 57.7. The van der Waals surface area contributed by atoms with Gasteiger partial charge in [0.2, 0.25) is 0 Å². The predicted octanol–water partition coefficient (Wildman–Crippen LogP) is 21.4. The molecule has 0 fully saturated rings. The summed E-state index contributed by atoms with van der Waals surface area (Å²) in [6.07, 6.45) is 98.7. The first kappa shape index (κ1) is 82.9. The van der Waals surface area contributed by atoms with Gasteiger partial charge in [0.1, 0.15) is 13.1 Å². The summed E-state index contributed by atoms with van der Waals surface area (Å²) < 4.78 is 4.96. The van der Waals surface area contributed by atoms with Crippen molar-refractivity contribution in [3.8, 4) is 0 Å². The molecule has 0 saturated carbocycles. The van der Waals surface area contributed by atoms with Crippen LogP contribution in [0.2, 0.25) is 0 Å². The van der Waals surface area contributed by atoms with Crippen LogP contribution in [0.1, 0.15) is 449 Å². The summed E-state index contributed by atoms with van der Waals surface area (Å²) in [5, 5.41) is 0. The minimum absolute atomic E-state index is 0. The van der Waals surface area contributed by atoms with Crippen LogP contribution in [-0.4, -0.2) is 0 Å². The van der Waals surface area contributed by atoms with Crippen molar-refractivity contribution < 1.29 is 33.9 Å². The predicted molar refractivity (Wildman–Crippen MR) is 368 cm³/mol. The highest BCUT2D eigenvalue weighted by atomic mass is 35.5. The second kappa shape index (κ2) is 67.8. The molecule has 0 unspecified atom stereocenters. The molecule has 0 N–H and O–H groups in total. The molecule has 0 bridgehead atoms. The van der Waals surface area contributed by atoms with Gasteiger partial charge in [-0.25, -0.2) is 9.13 Å². The number of pyridine rings is 2. The third-order valence-corrected chi connectivity index (χ3v) is 19.5. The van der Waals surface area contributed by atoms with Gasteiger partial charge in [0.15, 0.2) is 24.8 Å². The highest BCUT2D eigenvalue weighted by molar-refractivity contribution is 5.14. The van der Waals surface area contributed by atoms with Gasteiger partial charge < -0.3 is 24.8 Å². The van der Waals surface area contributed by atoms with E-state index in [-0.39, 0.29) is 24.8 Å². The number of aromatic nitrogens is 2. The van der Waals surface area contributed by atoms with Crippen LogP contribution in [0, 0.1) is 0 Å². The lowest BCUT2D eigenvalue weighted by Crippen LogP contribution is -3.00. The van der Waals surface area contributed by atoms with Crippen molar-refractivity contribution in [3.05, 3.63) is 60.2 Å². The molecule has 0 amide bonds. The lowest BCUT2D eigenvalue weighted by atomic mass is 9.88. The van der Waals surface area contributed by atoms with Crippen LogP contribution in [0.4, 0.5) is 0 Å². The van der Waals surface area contributed by atoms with Crippen molar-refractivity contribution in [2.24, 2.45) is 0 Å². The van der Waals surface area contributed by atoms with E-state index in [0.29, 0.717) is 0 Å². The fourth-order valence-corrected chi connectivity index (χ4v) is 13.7. The summed E-state index contributed by atoms with van der Waals surface area (Å²) in [5.74, 6) is 1.48. The first-order valence-corrected chi connectivity index (χ1v) is 38.7. The Morgan fingerprint density at radius 1 is 0.202 bits per heavy atom. The number of halogens is 2. The Kier molecular flexibility index (Phi) is 66.9. The highest BCUT2D eigenvalue weighted by Crippen LogP contribution is 2.31. The molecule has 494 valence electrons. The molecule has 84 heavy (non-hydrogen) atoms. The Balaban J connectivity index is 0.0000344. The van der Waals surface area contributed by atoms with Gasteiger partial charge in [-0.05, 0) is 48.6 Å². The maximum Gasteiger partial charge on any atom is 0.169 e. The van der Waals surface area contributed by atoms with E-state index >= 15 is 0 Å². The average Bonchev–Trinajstić information content (AvgIpc) is 3.67. The molecule has 2 nitrogen and oxygen atoms in total. The molecular formula is C80H150Cl2N2. The van der Waals surface area contributed by atoms with Crippen LogP contribution in [0.25, 0.3) is 0 Å². The second-order valence-corrected chi connectivity index (χ2v) is 27.4. The maximum absolute atomic E-state index is 2.51. The number of hydrogen-bond donors (Lipinski definition) is 0. The summed E-state index contributed by atoms with van der Waals surface area (Å²) in [6.45, 7) is 11.6. The largest absolute Gasteiger partial charge is 1.00 e. The Labute approximate surface area is 541 Å². The van der Waals surface area contributed by atoms with Gasteiger partial charge in [0.25, 0.3) is 0 Å². The molecule has 0 radical (unpaired) electrons. The lowest BCUT2D eigenvalue weighted by Gasteiger charge is -2.17. The molecule has 2 rings (SSSR count). The Morgan fingerprint density at radius 2 is 0.345 bits per heavy atom. The lowest BCUT2D eigenvalue weighted by molar-refractivity contribution is -0.708. The minimum Gasteiger partial charge on any atom is -1.00 e. The molecule has 4 heteroatoms. The van der Waals surface area contributed by atoms with Crippen LogP contribution in [0.15, 0.2) is 49.1 Å². The van der Waals surface area contributed by atoms with Gasteiger partial charge in [0, 0.05) is 37.1 Å². The number of unbranched alkanes of at least 4 members (excludes halogenated alkanes) is 53. The molecule has 0 aromatic carbocycles. The summed E-state index contributed by atoms with van der Waals surface area (Å²) in [7, 11) is 0. The van der Waals surface area contributed by atoms with Gasteiger partial charge >= 0.3 is 0 Å². The molecule has 0 aliphatic rings. The first-order chi connectivity index (χ1) is 40.7. The van der Waals surface area contributed by atoms with E-state index < -0.39 is 0 Å². The van der Waals surface area contributed by atoms with Crippen LogP contribution in [-0.2, 0) is 13.1 Å². The molecule has 2 heterocycles. The molecule has 0 spiro atoms. The van der Waals surface area contributed by atoms with Gasteiger partial charge in [-0.1, -0.05) is 387 Å². The van der Waals surface area contributed by atoms with Crippen LogP contribution in [0.3, 0.4) is 0 Å².